The Balaban J connectivity index is 0.000000654. The molecule has 6 rings (SSSR count). The summed E-state index contributed by atoms with van der Waals surface area (Å²) in [6.07, 6.45) is 20.8. The summed E-state index contributed by atoms with van der Waals surface area (Å²) in [6, 6.07) is 9.30. The van der Waals surface area contributed by atoms with Gasteiger partial charge in [-0.2, -0.15) is 0 Å². The van der Waals surface area contributed by atoms with Crippen molar-refractivity contribution in [3.8, 4) is 0 Å². The van der Waals surface area contributed by atoms with Gasteiger partial charge in [0.2, 0.25) is 12.8 Å². The smallest absolute Gasteiger partial charge is 0.303 e. The number of allylic oxidation sites excluding steroid dienone is 1. The summed E-state index contributed by atoms with van der Waals surface area (Å²) >= 11 is 0. The number of hydrogen-bond acceptors (Lipinski definition) is 4. The molecular formula is C42H66N2O5. The molecule has 0 radical (unpaired) electrons. The van der Waals surface area contributed by atoms with E-state index < -0.39 is 5.97 Å². The topological polar surface area (TPSA) is 141 Å². The second-order valence-electron chi connectivity index (χ2n) is 16.8. The van der Waals surface area contributed by atoms with Crippen LogP contribution < -0.4 is 11.5 Å². The van der Waals surface area contributed by atoms with E-state index in [9.17, 15) is 9.59 Å². The summed E-state index contributed by atoms with van der Waals surface area (Å²) in [5, 5.41) is 8.97. The van der Waals surface area contributed by atoms with Gasteiger partial charge in [0.1, 0.15) is 5.78 Å². The van der Waals surface area contributed by atoms with Gasteiger partial charge >= 0.3 is 5.97 Å². The van der Waals surface area contributed by atoms with Crippen LogP contribution in [0.15, 0.2) is 36.9 Å². The number of rotatable bonds is 7. The van der Waals surface area contributed by atoms with Crippen molar-refractivity contribution in [2.45, 2.75) is 137 Å². The molecule has 1 aromatic carbocycles. The monoisotopic (exact) mass is 678 g/mol. The van der Waals surface area contributed by atoms with Crippen LogP contribution in [0.4, 0.5) is 0 Å². The SMILES string of the molecule is C=CC.CC1(C)C(=O)CCC2(C)C1CCC1(C)C3CCC4(Cc5cccc(CCCCC(=O)O)c5)CCCC4C3CCC12.NC=O.NC=O. The minimum absolute atomic E-state index is 0.150. The highest BCUT2D eigenvalue weighted by atomic mass is 16.4. The number of unbranched alkanes of at least 4 members (excludes halogenated alkanes) is 1. The summed E-state index contributed by atoms with van der Waals surface area (Å²) in [6.45, 7) is 15.1. The molecule has 5 aliphatic rings. The number of benzene rings is 1. The fourth-order valence-electron chi connectivity index (χ4n) is 12.4. The van der Waals surface area contributed by atoms with Crippen molar-refractivity contribution >= 4 is 24.6 Å². The van der Waals surface area contributed by atoms with Crippen LogP contribution in [0.25, 0.3) is 0 Å². The third-order valence-electron chi connectivity index (χ3n) is 14.1. The Labute approximate surface area is 296 Å². The van der Waals surface area contributed by atoms with Crippen LogP contribution in [0.1, 0.15) is 136 Å². The number of aliphatic carboxylic acids is 1. The highest BCUT2D eigenvalue weighted by molar-refractivity contribution is 5.85. The number of carboxylic acid groups (broad SMARTS) is 1. The maximum Gasteiger partial charge on any atom is 0.303 e. The van der Waals surface area contributed by atoms with Crippen molar-refractivity contribution in [2.24, 2.45) is 62.7 Å². The number of primary amides is 2. The Morgan fingerprint density at radius 1 is 0.878 bits per heavy atom. The van der Waals surface area contributed by atoms with Crippen LogP contribution in [0.3, 0.4) is 0 Å². The number of ketones is 1. The van der Waals surface area contributed by atoms with Crippen LogP contribution in [0, 0.1) is 51.2 Å². The molecule has 5 fully saturated rings. The van der Waals surface area contributed by atoms with E-state index in [0.29, 0.717) is 27.9 Å². The Bertz CT molecular complexity index is 1280. The predicted molar refractivity (Wildman–Crippen MR) is 197 cm³/mol. The Kier molecular flexibility index (Phi) is 14.3. The first-order valence-corrected chi connectivity index (χ1v) is 18.9. The van der Waals surface area contributed by atoms with Gasteiger partial charge in [-0.1, -0.05) is 64.5 Å². The number of carboxylic acids is 1. The van der Waals surface area contributed by atoms with E-state index in [1.54, 1.807) is 6.08 Å². The quantitative estimate of drug-likeness (QED) is 0.151. The van der Waals surface area contributed by atoms with Gasteiger partial charge < -0.3 is 16.6 Å². The Morgan fingerprint density at radius 3 is 2.18 bits per heavy atom. The average molecular weight is 679 g/mol. The molecule has 8 atom stereocenters. The molecule has 8 unspecified atom stereocenters. The molecular weight excluding hydrogens is 612 g/mol. The minimum Gasteiger partial charge on any atom is -0.481 e. The number of carbonyl (C=O) groups excluding carboxylic acids is 3. The van der Waals surface area contributed by atoms with Gasteiger partial charge in [-0.15, -0.1) is 6.58 Å². The third-order valence-corrected chi connectivity index (χ3v) is 14.1. The average Bonchev–Trinajstić information content (AvgIpc) is 3.46. The molecule has 5 N–H and O–H groups in total. The lowest BCUT2D eigenvalue weighted by atomic mass is 9.36. The van der Waals surface area contributed by atoms with Crippen molar-refractivity contribution in [2.75, 3.05) is 0 Å². The third kappa shape index (κ3) is 8.51. The van der Waals surface area contributed by atoms with Crippen molar-refractivity contribution in [3.05, 3.63) is 48.0 Å². The summed E-state index contributed by atoms with van der Waals surface area (Å²) < 4.78 is 0. The van der Waals surface area contributed by atoms with Gasteiger partial charge in [-0.3, -0.25) is 19.2 Å². The lowest BCUT2D eigenvalue weighted by Gasteiger charge is -2.68. The first-order chi connectivity index (χ1) is 23.2. The van der Waals surface area contributed by atoms with E-state index in [1.807, 2.05) is 6.92 Å². The largest absolute Gasteiger partial charge is 0.481 e. The summed E-state index contributed by atoms with van der Waals surface area (Å²) in [5.41, 5.74) is 12.3. The van der Waals surface area contributed by atoms with Crippen molar-refractivity contribution < 1.29 is 24.3 Å². The van der Waals surface area contributed by atoms with Crippen molar-refractivity contribution in [1.29, 1.82) is 0 Å². The van der Waals surface area contributed by atoms with E-state index in [0.717, 1.165) is 55.8 Å². The van der Waals surface area contributed by atoms with E-state index in [1.165, 1.54) is 75.3 Å². The maximum atomic E-state index is 13.0. The molecule has 0 aromatic heterocycles. The van der Waals surface area contributed by atoms with Gasteiger partial charge in [0.25, 0.3) is 0 Å². The zero-order valence-corrected chi connectivity index (χ0v) is 31.2. The minimum atomic E-state index is -0.682. The van der Waals surface area contributed by atoms with E-state index in [4.69, 9.17) is 14.7 Å². The first-order valence-electron chi connectivity index (χ1n) is 18.9. The molecule has 1 aromatic rings. The second-order valence-corrected chi connectivity index (χ2v) is 16.8. The van der Waals surface area contributed by atoms with Crippen LogP contribution in [-0.4, -0.2) is 29.7 Å². The molecule has 0 bridgehead atoms. The maximum absolute atomic E-state index is 13.0. The van der Waals surface area contributed by atoms with Crippen LogP contribution >= 0.6 is 0 Å². The number of carbonyl (C=O) groups is 4. The number of amides is 2. The number of nitrogens with two attached hydrogens (primary N) is 2. The van der Waals surface area contributed by atoms with Gasteiger partial charge in [0.15, 0.2) is 0 Å². The molecule has 0 spiro atoms. The van der Waals surface area contributed by atoms with E-state index in [-0.39, 0.29) is 24.7 Å². The lowest BCUT2D eigenvalue weighted by molar-refractivity contribution is -0.196. The van der Waals surface area contributed by atoms with Crippen LogP contribution in [0.5, 0.6) is 0 Å². The molecule has 0 aliphatic heterocycles. The van der Waals surface area contributed by atoms with Crippen molar-refractivity contribution in [1.82, 2.24) is 0 Å². The molecule has 5 aliphatic carbocycles. The number of fused-ring (bicyclic) bond motifs is 7. The summed E-state index contributed by atoms with van der Waals surface area (Å²) in [4.78, 5) is 41.0. The highest BCUT2D eigenvalue weighted by Crippen LogP contribution is 2.72. The number of Topliss-reactive ketones (excluding diaryl/α,β-unsaturated/α-hetero) is 1. The Morgan fingerprint density at radius 2 is 1.53 bits per heavy atom. The molecule has 7 nitrogen and oxygen atoms in total. The number of hydrogen-bond donors (Lipinski definition) is 3. The van der Waals surface area contributed by atoms with Gasteiger partial charge in [-0.05, 0) is 147 Å². The normalized spacial score (nSPS) is 35.0. The fraction of sp³-hybridized carbons (Fsp3) is 0.714. The molecule has 2 amide bonds. The predicted octanol–water partition coefficient (Wildman–Crippen LogP) is 8.46. The molecule has 0 saturated heterocycles. The van der Waals surface area contributed by atoms with E-state index in [2.05, 4.69) is 70.0 Å². The number of aryl methyl sites for hydroxylation is 1. The second kappa shape index (κ2) is 17.3. The van der Waals surface area contributed by atoms with Gasteiger partial charge in [-0.25, -0.2) is 0 Å². The summed E-state index contributed by atoms with van der Waals surface area (Å²) in [7, 11) is 0. The molecule has 0 heterocycles. The van der Waals surface area contributed by atoms with Crippen molar-refractivity contribution in [3.63, 3.8) is 0 Å². The lowest BCUT2D eigenvalue weighted by Crippen LogP contribution is -2.62. The van der Waals surface area contributed by atoms with Gasteiger partial charge in [0.05, 0.1) is 0 Å². The summed E-state index contributed by atoms with van der Waals surface area (Å²) in [5.74, 6) is 3.79. The first kappa shape index (κ1) is 40.5. The van der Waals surface area contributed by atoms with E-state index >= 15 is 0 Å². The van der Waals surface area contributed by atoms with Crippen LogP contribution in [0.2, 0.25) is 0 Å². The van der Waals surface area contributed by atoms with Gasteiger partial charge in [0, 0.05) is 18.3 Å². The molecule has 49 heavy (non-hydrogen) atoms. The standard InChI is InChI=1S/C37H54O3.C3H6.2CH3NO/c1-34(2)30-17-20-35(3)28-16-22-37(24-26-11-7-10-25(23-26)9-5-6-13-33(39)40)19-8-12-29(37)27(28)14-15-31(35)36(30,4)21-18-32(34)38;1-3-2;2*2-1-3/h7,10-11,23,27-31H,5-6,8-9,12-22,24H2,1-4H3,(H,39,40);3H,1H2,2H3;2*1H,(H2,2,3). The molecule has 5 saturated carbocycles. The zero-order chi connectivity index (χ0) is 36.5. The molecule has 7 heteroatoms. The highest BCUT2D eigenvalue weighted by Gasteiger charge is 2.66. The zero-order valence-electron chi connectivity index (χ0n) is 31.2. The molecule has 274 valence electrons. The fourth-order valence-corrected chi connectivity index (χ4v) is 12.4. The Hall–Kier alpha value is -2.96. The van der Waals surface area contributed by atoms with Crippen LogP contribution in [-0.2, 0) is 32.0 Å².